The van der Waals surface area contributed by atoms with Crippen molar-refractivity contribution in [2.45, 2.75) is 0 Å². The van der Waals surface area contributed by atoms with Crippen molar-refractivity contribution in [3.05, 3.63) is 78.1 Å². The lowest BCUT2D eigenvalue weighted by molar-refractivity contribution is -0.136. The third-order valence-corrected chi connectivity index (χ3v) is 3.49. The zero-order valence-corrected chi connectivity index (χ0v) is 13.1. The van der Waals surface area contributed by atoms with Crippen LogP contribution in [0.5, 0.6) is 0 Å². The maximum absolute atomic E-state index is 12.8. The second kappa shape index (κ2) is 7.35. The predicted octanol–water partition coefficient (Wildman–Crippen LogP) is 3.07. The topological polar surface area (TPSA) is 70.6 Å². The second-order valence-electron chi connectivity index (χ2n) is 5.23. The molecule has 0 spiro atoms. The summed E-state index contributed by atoms with van der Waals surface area (Å²) in [5, 5.41) is 8.04. The maximum Gasteiger partial charge on any atom is 0.329 e. The molecule has 0 bridgehead atoms. The van der Waals surface area contributed by atoms with Gasteiger partial charge in [0.25, 0.3) is 0 Å². The van der Waals surface area contributed by atoms with Gasteiger partial charge in [-0.05, 0) is 29.1 Å². The highest BCUT2D eigenvalue weighted by atomic mass is 19.1. The molecule has 0 aromatic heterocycles. The van der Waals surface area contributed by atoms with Gasteiger partial charge in [-0.1, -0.05) is 48.5 Å². The lowest BCUT2D eigenvalue weighted by atomic mass is 10.1. The van der Waals surface area contributed by atoms with Gasteiger partial charge in [-0.3, -0.25) is 9.59 Å². The third-order valence-electron chi connectivity index (χ3n) is 3.49. The van der Waals surface area contributed by atoms with Crippen LogP contribution in [-0.2, 0) is 9.59 Å². The van der Waals surface area contributed by atoms with E-state index in [1.807, 2.05) is 30.3 Å². The molecular formula is C19H14FN3O2. The number of hydrogen-bond acceptors (Lipinski definition) is 3. The standard InChI is InChI=1S/C19H14FN3O2/c20-15-10-8-13(9-11-15)12-21-23-19(25)18(24)22-17-7-3-5-14-4-1-2-6-16(14)17/h1-12H,(H,22,24)(H,23,25). The van der Waals surface area contributed by atoms with E-state index in [-0.39, 0.29) is 5.82 Å². The van der Waals surface area contributed by atoms with Gasteiger partial charge >= 0.3 is 11.8 Å². The molecule has 3 rings (SSSR count). The molecule has 3 aromatic rings. The van der Waals surface area contributed by atoms with Gasteiger partial charge in [0.15, 0.2) is 0 Å². The molecule has 5 nitrogen and oxygen atoms in total. The highest BCUT2D eigenvalue weighted by molar-refractivity contribution is 6.40. The molecule has 3 aromatic carbocycles. The van der Waals surface area contributed by atoms with Crippen LogP contribution in [0.3, 0.4) is 0 Å². The quantitative estimate of drug-likeness (QED) is 0.439. The van der Waals surface area contributed by atoms with Gasteiger partial charge in [0.1, 0.15) is 5.82 Å². The molecule has 0 unspecified atom stereocenters. The fourth-order valence-electron chi connectivity index (χ4n) is 2.28. The van der Waals surface area contributed by atoms with Gasteiger partial charge < -0.3 is 5.32 Å². The maximum atomic E-state index is 12.8. The van der Waals surface area contributed by atoms with E-state index in [0.29, 0.717) is 11.3 Å². The lowest BCUT2D eigenvalue weighted by Gasteiger charge is -2.07. The summed E-state index contributed by atoms with van der Waals surface area (Å²) in [5.74, 6) is -2.09. The SMILES string of the molecule is O=C(NN=Cc1ccc(F)cc1)C(=O)Nc1cccc2ccccc12. The van der Waals surface area contributed by atoms with Crippen molar-refractivity contribution in [1.82, 2.24) is 5.43 Å². The Bertz CT molecular complexity index is 947. The molecular weight excluding hydrogens is 321 g/mol. The number of anilines is 1. The number of nitrogens with one attached hydrogen (secondary N) is 2. The fourth-order valence-corrected chi connectivity index (χ4v) is 2.28. The number of fused-ring (bicyclic) bond motifs is 1. The average molecular weight is 335 g/mol. The molecule has 0 saturated heterocycles. The number of rotatable bonds is 3. The van der Waals surface area contributed by atoms with Crippen molar-refractivity contribution in [2.75, 3.05) is 5.32 Å². The highest BCUT2D eigenvalue weighted by Crippen LogP contribution is 2.22. The summed E-state index contributed by atoms with van der Waals surface area (Å²) in [7, 11) is 0. The first-order chi connectivity index (χ1) is 12.1. The van der Waals surface area contributed by atoms with Crippen molar-refractivity contribution in [2.24, 2.45) is 5.10 Å². The van der Waals surface area contributed by atoms with Crippen LogP contribution in [0.4, 0.5) is 10.1 Å². The van der Waals surface area contributed by atoms with Gasteiger partial charge in [-0.2, -0.15) is 5.10 Å². The van der Waals surface area contributed by atoms with Gasteiger partial charge in [0, 0.05) is 11.1 Å². The number of carbonyl (C=O) groups excluding carboxylic acids is 2. The first-order valence-electron chi connectivity index (χ1n) is 7.51. The van der Waals surface area contributed by atoms with E-state index in [4.69, 9.17) is 0 Å². The first kappa shape index (κ1) is 16.3. The summed E-state index contributed by atoms with van der Waals surface area (Å²) in [6, 6.07) is 18.5. The number of halogens is 1. The molecule has 124 valence electrons. The Morgan fingerprint density at radius 3 is 2.40 bits per heavy atom. The minimum absolute atomic E-state index is 0.365. The Hall–Kier alpha value is -3.54. The van der Waals surface area contributed by atoms with Crippen LogP contribution in [0.25, 0.3) is 10.8 Å². The van der Waals surface area contributed by atoms with Crippen molar-refractivity contribution in [1.29, 1.82) is 0 Å². The van der Waals surface area contributed by atoms with Crippen molar-refractivity contribution >= 4 is 34.5 Å². The molecule has 0 saturated carbocycles. The van der Waals surface area contributed by atoms with Crippen molar-refractivity contribution in [3.8, 4) is 0 Å². The number of nitrogens with zero attached hydrogens (tertiary/aromatic N) is 1. The van der Waals surface area contributed by atoms with E-state index < -0.39 is 11.8 Å². The highest BCUT2D eigenvalue weighted by Gasteiger charge is 2.14. The largest absolute Gasteiger partial charge is 0.329 e. The van der Waals surface area contributed by atoms with Gasteiger partial charge in [-0.15, -0.1) is 0 Å². The normalized spacial score (nSPS) is 10.8. The van der Waals surface area contributed by atoms with Crippen LogP contribution in [0, 0.1) is 5.82 Å². The Morgan fingerprint density at radius 2 is 1.60 bits per heavy atom. The number of hydrazone groups is 1. The monoisotopic (exact) mass is 335 g/mol. The summed E-state index contributed by atoms with van der Waals surface area (Å²) in [6.07, 6.45) is 1.32. The minimum atomic E-state index is -0.897. The van der Waals surface area contributed by atoms with Crippen molar-refractivity contribution < 1.29 is 14.0 Å². The van der Waals surface area contributed by atoms with Crippen LogP contribution in [0.1, 0.15) is 5.56 Å². The van der Waals surface area contributed by atoms with Crippen LogP contribution < -0.4 is 10.7 Å². The molecule has 0 aliphatic rings. The molecule has 0 heterocycles. The average Bonchev–Trinajstić information content (AvgIpc) is 2.63. The summed E-state index contributed by atoms with van der Waals surface area (Å²) < 4.78 is 12.8. The van der Waals surface area contributed by atoms with Crippen LogP contribution >= 0.6 is 0 Å². The second-order valence-corrected chi connectivity index (χ2v) is 5.23. The van der Waals surface area contributed by atoms with Crippen LogP contribution in [-0.4, -0.2) is 18.0 Å². The summed E-state index contributed by atoms with van der Waals surface area (Å²) in [4.78, 5) is 23.8. The molecule has 0 aliphatic heterocycles. The van der Waals surface area contributed by atoms with E-state index in [1.165, 1.54) is 30.5 Å². The number of amides is 2. The summed E-state index contributed by atoms with van der Waals surface area (Å²) in [5.41, 5.74) is 3.27. The van der Waals surface area contributed by atoms with Crippen molar-refractivity contribution in [3.63, 3.8) is 0 Å². The Morgan fingerprint density at radius 1 is 0.880 bits per heavy atom. The smallest absolute Gasteiger partial charge is 0.317 e. The number of hydrogen-bond donors (Lipinski definition) is 2. The zero-order valence-electron chi connectivity index (χ0n) is 13.1. The number of benzene rings is 3. The predicted molar refractivity (Wildman–Crippen MR) is 94.7 cm³/mol. The van der Waals surface area contributed by atoms with Gasteiger partial charge in [0.2, 0.25) is 0 Å². The molecule has 2 N–H and O–H groups in total. The van der Waals surface area contributed by atoms with E-state index >= 15 is 0 Å². The Kier molecular flexibility index (Phi) is 4.80. The molecule has 0 aliphatic carbocycles. The first-order valence-corrected chi connectivity index (χ1v) is 7.51. The molecule has 0 radical (unpaired) electrons. The van der Waals surface area contributed by atoms with E-state index in [1.54, 1.807) is 12.1 Å². The molecule has 6 heteroatoms. The van der Waals surface area contributed by atoms with Gasteiger partial charge in [0.05, 0.1) is 6.21 Å². The molecule has 25 heavy (non-hydrogen) atoms. The third kappa shape index (κ3) is 4.06. The molecule has 2 amide bonds. The number of carbonyl (C=O) groups is 2. The Balaban J connectivity index is 1.64. The zero-order chi connectivity index (χ0) is 17.6. The van der Waals surface area contributed by atoms with E-state index in [9.17, 15) is 14.0 Å². The van der Waals surface area contributed by atoms with E-state index in [0.717, 1.165) is 10.8 Å². The van der Waals surface area contributed by atoms with Gasteiger partial charge in [-0.25, -0.2) is 9.82 Å². The summed E-state index contributed by atoms with van der Waals surface area (Å²) >= 11 is 0. The van der Waals surface area contributed by atoms with Crippen LogP contribution in [0.15, 0.2) is 71.8 Å². The molecule has 0 fully saturated rings. The summed E-state index contributed by atoms with van der Waals surface area (Å²) in [6.45, 7) is 0. The molecule has 0 atom stereocenters. The fraction of sp³-hybridized carbons (Fsp3) is 0. The minimum Gasteiger partial charge on any atom is -0.317 e. The van der Waals surface area contributed by atoms with E-state index in [2.05, 4.69) is 15.8 Å². The Labute approximate surface area is 143 Å². The lowest BCUT2D eigenvalue weighted by Crippen LogP contribution is -2.32. The van der Waals surface area contributed by atoms with Crippen LogP contribution in [0.2, 0.25) is 0 Å².